The van der Waals surface area contributed by atoms with Gasteiger partial charge >= 0.3 is 0 Å². The minimum Gasteiger partial charge on any atom is -0.351 e. The van der Waals surface area contributed by atoms with Gasteiger partial charge in [0.2, 0.25) is 5.65 Å². The lowest BCUT2D eigenvalue weighted by Gasteiger charge is -2.38. The van der Waals surface area contributed by atoms with Crippen molar-refractivity contribution in [1.82, 2.24) is 29.9 Å². The number of nitrogens with zero attached hydrogens (tertiary/aromatic N) is 7. The van der Waals surface area contributed by atoms with Gasteiger partial charge in [0.15, 0.2) is 5.82 Å². The molecule has 0 N–H and O–H groups in total. The number of benzene rings is 1. The maximum Gasteiger partial charge on any atom is 0.222 e. The number of hydrogen-bond donors (Lipinski definition) is 0. The molecule has 0 spiro atoms. The largest absolute Gasteiger partial charge is 0.351 e. The Balaban J connectivity index is 1.67. The maximum atomic E-state index is 13.9. The van der Waals surface area contributed by atoms with Crippen molar-refractivity contribution in [3.63, 3.8) is 0 Å². The summed E-state index contributed by atoms with van der Waals surface area (Å²) in [6.07, 6.45) is 2.45. The molecule has 2 aliphatic rings. The first-order valence-electron chi connectivity index (χ1n) is 8.06. The number of piperazine rings is 1. The lowest BCUT2D eigenvalue weighted by Crippen LogP contribution is -2.50. The van der Waals surface area contributed by atoms with Gasteiger partial charge in [-0.3, -0.25) is 4.90 Å². The molecule has 0 radical (unpaired) electrons. The molecule has 0 saturated carbocycles. The summed E-state index contributed by atoms with van der Waals surface area (Å²) in [5.74, 6) is 0.219. The molecular weight excluding hydrogens is 333 g/mol. The molecule has 3 aromatic rings. The molecule has 2 fully saturated rings. The van der Waals surface area contributed by atoms with Crippen LogP contribution in [0.1, 0.15) is 12.8 Å². The molecule has 0 aliphatic carbocycles. The van der Waals surface area contributed by atoms with Crippen molar-refractivity contribution in [2.45, 2.75) is 18.9 Å². The second-order valence-corrected chi connectivity index (χ2v) is 6.79. The molecule has 4 heterocycles. The van der Waals surface area contributed by atoms with Gasteiger partial charge < -0.3 is 4.90 Å². The van der Waals surface area contributed by atoms with E-state index in [1.807, 2.05) is 0 Å². The molecule has 5 rings (SSSR count). The molecule has 9 heteroatoms. The normalized spacial score (nSPS) is 21.8. The standard InChI is InChI=1S/C15H15ClFN7/c16-10-6-13-12(7-11(10)17)18-14(15-19-20-21-24(13)15)23-5-4-22-3-1-2-9(22)8-23/h6-7,9H,1-5,8H2. The van der Waals surface area contributed by atoms with Crippen LogP contribution in [-0.2, 0) is 0 Å². The van der Waals surface area contributed by atoms with Gasteiger partial charge in [0, 0.05) is 31.7 Å². The molecule has 2 aromatic heterocycles. The summed E-state index contributed by atoms with van der Waals surface area (Å²) < 4.78 is 15.5. The van der Waals surface area contributed by atoms with E-state index in [0.717, 1.165) is 19.6 Å². The Morgan fingerprint density at radius 2 is 2.12 bits per heavy atom. The van der Waals surface area contributed by atoms with Gasteiger partial charge in [0.1, 0.15) is 5.82 Å². The summed E-state index contributed by atoms with van der Waals surface area (Å²) in [5, 5.41) is 12.0. The third-order valence-corrected chi connectivity index (χ3v) is 5.32. The molecule has 1 atom stereocenters. The summed E-state index contributed by atoms with van der Waals surface area (Å²) >= 11 is 5.90. The summed E-state index contributed by atoms with van der Waals surface area (Å²) in [6.45, 7) is 3.95. The van der Waals surface area contributed by atoms with Gasteiger partial charge in [0.05, 0.1) is 16.1 Å². The fourth-order valence-corrected chi connectivity index (χ4v) is 3.99. The van der Waals surface area contributed by atoms with E-state index in [0.29, 0.717) is 28.5 Å². The van der Waals surface area contributed by atoms with Gasteiger partial charge in [-0.25, -0.2) is 9.37 Å². The van der Waals surface area contributed by atoms with Crippen LogP contribution in [0, 0.1) is 5.82 Å². The van der Waals surface area contributed by atoms with Crippen LogP contribution >= 0.6 is 11.6 Å². The lowest BCUT2D eigenvalue weighted by molar-refractivity contribution is 0.230. The van der Waals surface area contributed by atoms with Crippen LogP contribution in [0.15, 0.2) is 12.1 Å². The van der Waals surface area contributed by atoms with Crippen molar-refractivity contribution in [1.29, 1.82) is 0 Å². The highest BCUT2D eigenvalue weighted by Gasteiger charge is 2.32. The first kappa shape index (κ1) is 14.3. The highest BCUT2D eigenvalue weighted by molar-refractivity contribution is 6.31. The molecule has 2 aliphatic heterocycles. The first-order chi connectivity index (χ1) is 11.7. The molecule has 2 saturated heterocycles. The molecule has 0 bridgehead atoms. The fourth-order valence-electron chi connectivity index (χ4n) is 3.83. The minimum atomic E-state index is -0.490. The average molecular weight is 348 g/mol. The number of hydrogen-bond acceptors (Lipinski definition) is 6. The number of tetrazole rings is 1. The zero-order chi connectivity index (χ0) is 16.3. The van der Waals surface area contributed by atoms with E-state index < -0.39 is 5.82 Å². The number of rotatable bonds is 1. The Kier molecular flexibility index (Phi) is 3.11. The van der Waals surface area contributed by atoms with E-state index in [9.17, 15) is 4.39 Å². The predicted molar refractivity (Wildman–Crippen MR) is 87.9 cm³/mol. The Bertz CT molecular complexity index is 942. The molecule has 1 unspecified atom stereocenters. The van der Waals surface area contributed by atoms with Crippen LogP contribution in [0.25, 0.3) is 16.7 Å². The molecule has 7 nitrogen and oxygen atoms in total. The van der Waals surface area contributed by atoms with Crippen LogP contribution in [0.3, 0.4) is 0 Å². The van der Waals surface area contributed by atoms with Crippen LogP contribution in [0.5, 0.6) is 0 Å². The van der Waals surface area contributed by atoms with Crippen molar-refractivity contribution in [3.8, 4) is 0 Å². The van der Waals surface area contributed by atoms with Crippen LogP contribution in [-0.4, -0.2) is 62.1 Å². The SMILES string of the molecule is Fc1cc2nc(N3CCN4CCCC4C3)c3nnnn3c2cc1Cl. The number of aromatic nitrogens is 5. The Morgan fingerprint density at radius 3 is 3.04 bits per heavy atom. The quantitative estimate of drug-likeness (QED) is 0.668. The number of halogens is 2. The van der Waals surface area contributed by atoms with Gasteiger partial charge in [0.25, 0.3) is 0 Å². The van der Waals surface area contributed by atoms with Gasteiger partial charge in [-0.1, -0.05) is 11.6 Å². The van der Waals surface area contributed by atoms with Crippen molar-refractivity contribution < 1.29 is 4.39 Å². The second kappa shape index (κ2) is 5.22. The first-order valence-corrected chi connectivity index (χ1v) is 8.44. The van der Waals surface area contributed by atoms with Gasteiger partial charge in [-0.05, 0) is 35.9 Å². The second-order valence-electron chi connectivity index (χ2n) is 6.38. The van der Waals surface area contributed by atoms with Crippen molar-refractivity contribution in [2.24, 2.45) is 0 Å². The smallest absolute Gasteiger partial charge is 0.222 e. The highest BCUT2D eigenvalue weighted by atomic mass is 35.5. The summed E-state index contributed by atoms with van der Waals surface area (Å²) in [5.41, 5.74) is 1.68. The van der Waals surface area contributed by atoms with E-state index in [4.69, 9.17) is 11.6 Å². The summed E-state index contributed by atoms with van der Waals surface area (Å²) in [7, 11) is 0. The monoisotopic (exact) mass is 347 g/mol. The Morgan fingerprint density at radius 1 is 1.21 bits per heavy atom. The lowest BCUT2D eigenvalue weighted by atomic mass is 10.1. The van der Waals surface area contributed by atoms with E-state index >= 15 is 0 Å². The van der Waals surface area contributed by atoms with E-state index in [1.54, 1.807) is 4.52 Å². The van der Waals surface area contributed by atoms with Crippen molar-refractivity contribution in [3.05, 3.63) is 23.0 Å². The van der Waals surface area contributed by atoms with Crippen molar-refractivity contribution in [2.75, 3.05) is 31.1 Å². The molecule has 124 valence electrons. The topological polar surface area (TPSA) is 62.5 Å². The van der Waals surface area contributed by atoms with Crippen LogP contribution in [0.4, 0.5) is 10.2 Å². The Labute approximate surface area is 142 Å². The third kappa shape index (κ3) is 2.06. The fraction of sp³-hybridized carbons (Fsp3) is 0.467. The maximum absolute atomic E-state index is 13.9. The van der Waals surface area contributed by atoms with E-state index in [-0.39, 0.29) is 5.02 Å². The minimum absolute atomic E-state index is 0.0356. The predicted octanol–water partition coefficient (Wildman–Crippen LogP) is 1.75. The third-order valence-electron chi connectivity index (χ3n) is 5.03. The summed E-state index contributed by atoms with van der Waals surface area (Å²) in [4.78, 5) is 9.40. The van der Waals surface area contributed by atoms with E-state index in [1.165, 1.54) is 31.5 Å². The van der Waals surface area contributed by atoms with Crippen LogP contribution in [0.2, 0.25) is 5.02 Å². The molecular formula is C15H15ClFN7. The number of fused-ring (bicyclic) bond motifs is 4. The summed E-state index contributed by atoms with van der Waals surface area (Å²) in [6, 6.07) is 3.41. The zero-order valence-corrected chi connectivity index (χ0v) is 13.6. The number of anilines is 1. The molecule has 0 amide bonds. The Hall–Kier alpha value is -2.06. The average Bonchev–Trinajstić information content (AvgIpc) is 3.23. The molecule has 1 aromatic carbocycles. The highest BCUT2D eigenvalue weighted by Crippen LogP contribution is 2.29. The molecule has 24 heavy (non-hydrogen) atoms. The van der Waals surface area contributed by atoms with Gasteiger partial charge in [-0.15, -0.1) is 5.10 Å². The zero-order valence-electron chi connectivity index (χ0n) is 12.9. The van der Waals surface area contributed by atoms with Gasteiger partial charge in [-0.2, -0.15) is 4.52 Å². The van der Waals surface area contributed by atoms with Crippen LogP contribution < -0.4 is 4.90 Å². The van der Waals surface area contributed by atoms with E-state index in [2.05, 4.69) is 30.3 Å². The van der Waals surface area contributed by atoms with Crippen molar-refractivity contribution >= 4 is 34.1 Å².